The van der Waals surface area contributed by atoms with Gasteiger partial charge in [0, 0.05) is 35.3 Å². The summed E-state index contributed by atoms with van der Waals surface area (Å²) in [7, 11) is 0. The van der Waals surface area contributed by atoms with Gasteiger partial charge in [-0.3, -0.25) is 14.9 Å². The fourth-order valence-electron chi connectivity index (χ4n) is 3.86. The molecule has 0 saturated carbocycles. The number of oxazole rings is 1. The van der Waals surface area contributed by atoms with Crippen LogP contribution < -0.4 is 10.2 Å². The van der Waals surface area contributed by atoms with E-state index in [1.54, 1.807) is 48.5 Å². The molecule has 178 valence electrons. The van der Waals surface area contributed by atoms with Crippen LogP contribution in [0.1, 0.15) is 10.4 Å². The number of rotatable bonds is 5. The largest absolute Gasteiger partial charge is 0.436 e. The van der Waals surface area contributed by atoms with E-state index in [2.05, 4.69) is 10.3 Å². The summed E-state index contributed by atoms with van der Waals surface area (Å²) in [4.78, 5) is 30.5. The van der Waals surface area contributed by atoms with Gasteiger partial charge in [0.15, 0.2) is 5.58 Å². The molecular weight excluding hydrogens is 495 g/mol. The van der Waals surface area contributed by atoms with E-state index >= 15 is 0 Å². The molecule has 1 aromatic heterocycles. The molecule has 1 aliphatic rings. The Morgan fingerprint density at radius 1 is 1.06 bits per heavy atom. The highest BCUT2D eigenvalue weighted by Crippen LogP contribution is 2.33. The fraction of sp³-hybridized carbons (Fsp3) is 0.167. The quantitative estimate of drug-likeness (QED) is 0.265. The standard InChI is InChI=1S/C24H18Cl2N4O5/c25-16-3-6-22-19(13-16)28-24(35-22)15-1-4-17(26)18(11-15)27-23(31)14-2-5-20(21(12-14)30(32)33)29-7-9-34-10-8-29/h1-6,11-13H,7-10H2,(H,27,31). The van der Waals surface area contributed by atoms with Gasteiger partial charge in [-0.15, -0.1) is 0 Å². The number of anilines is 2. The second kappa shape index (κ2) is 9.53. The van der Waals surface area contributed by atoms with Crippen LogP contribution in [0.3, 0.4) is 0 Å². The van der Waals surface area contributed by atoms with E-state index in [-0.39, 0.29) is 11.3 Å². The van der Waals surface area contributed by atoms with Crippen molar-refractivity contribution < 1.29 is 18.9 Å². The summed E-state index contributed by atoms with van der Waals surface area (Å²) >= 11 is 12.3. The lowest BCUT2D eigenvalue weighted by Gasteiger charge is -2.28. The Labute approximate surface area is 209 Å². The van der Waals surface area contributed by atoms with Crippen molar-refractivity contribution in [2.75, 3.05) is 36.5 Å². The van der Waals surface area contributed by atoms with Crippen LogP contribution in [0.4, 0.5) is 17.1 Å². The van der Waals surface area contributed by atoms with Crippen LogP contribution >= 0.6 is 23.2 Å². The first kappa shape index (κ1) is 23.1. The first-order valence-corrected chi connectivity index (χ1v) is 11.4. The lowest BCUT2D eigenvalue weighted by atomic mass is 10.1. The Hall–Kier alpha value is -3.66. The summed E-state index contributed by atoms with van der Waals surface area (Å²) in [5.41, 5.74) is 2.50. The zero-order valence-electron chi connectivity index (χ0n) is 18.2. The maximum Gasteiger partial charge on any atom is 0.293 e. The number of halogens is 2. The molecule has 1 amide bonds. The lowest BCUT2D eigenvalue weighted by molar-refractivity contribution is -0.384. The molecule has 35 heavy (non-hydrogen) atoms. The predicted octanol–water partition coefficient (Wildman–Crippen LogP) is 5.80. The predicted molar refractivity (Wildman–Crippen MR) is 134 cm³/mol. The molecule has 5 rings (SSSR count). The Morgan fingerprint density at radius 3 is 2.63 bits per heavy atom. The first-order valence-electron chi connectivity index (χ1n) is 10.7. The molecule has 0 atom stereocenters. The Morgan fingerprint density at radius 2 is 1.86 bits per heavy atom. The molecule has 2 heterocycles. The summed E-state index contributed by atoms with van der Waals surface area (Å²) in [6.07, 6.45) is 0. The summed E-state index contributed by atoms with van der Waals surface area (Å²) in [5, 5.41) is 15.3. The summed E-state index contributed by atoms with van der Waals surface area (Å²) in [6, 6.07) is 14.5. The molecule has 0 unspecified atom stereocenters. The molecule has 0 bridgehead atoms. The van der Waals surface area contributed by atoms with Crippen LogP contribution in [0, 0.1) is 10.1 Å². The highest BCUT2D eigenvalue weighted by atomic mass is 35.5. The van der Waals surface area contributed by atoms with Crippen LogP contribution in [0.5, 0.6) is 0 Å². The second-order valence-corrected chi connectivity index (χ2v) is 8.68. The molecular formula is C24H18Cl2N4O5. The van der Waals surface area contributed by atoms with Gasteiger partial charge in [0.1, 0.15) is 11.2 Å². The molecule has 0 radical (unpaired) electrons. The van der Waals surface area contributed by atoms with E-state index in [0.717, 1.165) is 0 Å². The van der Waals surface area contributed by atoms with E-state index in [1.165, 1.54) is 6.07 Å². The number of carbonyl (C=O) groups is 1. The van der Waals surface area contributed by atoms with Gasteiger partial charge in [-0.1, -0.05) is 23.2 Å². The number of carbonyl (C=O) groups excluding carboxylic acids is 1. The van der Waals surface area contributed by atoms with E-state index < -0.39 is 10.8 Å². The van der Waals surface area contributed by atoms with Crippen molar-refractivity contribution in [3.05, 3.63) is 80.3 Å². The minimum Gasteiger partial charge on any atom is -0.436 e. The van der Waals surface area contributed by atoms with E-state index in [9.17, 15) is 14.9 Å². The zero-order valence-corrected chi connectivity index (χ0v) is 19.7. The van der Waals surface area contributed by atoms with Crippen LogP contribution in [-0.4, -0.2) is 42.1 Å². The van der Waals surface area contributed by atoms with Gasteiger partial charge < -0.3 is 19.4 Å². The van der Waals surface area contributed by atoms with Crippen molar-refractivity contribution in [2.45, 2.75) is 0 Å². The number of hydrogen-bond acceptors (Lipinski definition) is 7. The molecule has 1 N–H and O–H groups in total. The van der Waals surface area contributed by atoms with Gasteiger partial charge >= 0.3 is 0 Å². The zero-order chi connectivity index (χ0) is 24.5. The number of ether oxygens (including phenoxy) is 1. The molecule has 3 aromatic carbocycles. The monoisotopic (exact) mass is 512 g/mol. The van der Waals surface area contributed by atoms with Gasteiger partial charge in [-0.25, -0.2) is 4.98 Å². The van der Waals surface area contributed by atoms with E-state index in [4.69, 9.17) is 32.4 Å². The van der Waals surface area contributed by atoms with E-state index in [1.807, 2.05) is 4.90 Å². The van der Waals surface area contributed by atoms with Crippen LogP contribution in [0.2, 0.25) is 10.0 Å². The number of nitro groups is 1. The van der Waals surface area contributed by atoms with Crippen LogP contribution in [0.15, 0.2) is 59.0 Å². The van der Waals surface area contributed by atoms with Crippen molar-refractivity contribution >= 4 is 57.3 Å². The highest BCUT2D eigenvalue weighted by Gasteiger charge is 2.24. The molecule has 0 spiro atoms. The van der Waals surface area contributed by atoms with Crippen molar-refractivity contribution in [1.29, 1.82) is 0 Å². The number of benzene rings is 3. The summed E-state index contributed by atoms with van der Waals surface area (Å²) in [6.45, 7) is 2.05. The fourth-order valence-corrected chi connectivity index (χ4v) is 4.19. The third-order valence-electron chi connectivity index (χ3n) is 5.60. The third kappa shape index (κ3) is 4.79. The smallest absolute Gasteiger partial charge is 0.293 e. The minimum atomic E-state index is -0.537. The highest BCUT2D eigenvalue weighted by molar-refractivity contribution is 6.34. The van der Waals surface area contributed by atoms with Crippen molar-refractivity contribution in [2.24, 2.45) is 0 Å². The average Bonchev–Trinajstić information content (AvgIpc) is 3.28. The molecule has 9 nitrogen and oxygen atoms in total. The normalized spacial score (nSPS) is 13.7. The molecule has 1 aliphatic heterocycles. The average molecular weight is 513 g/mol. The molecule has 4 aromatic rings. The number of nitro benzene ring substituents is 1. The number of nitrogens with zero attached hydrogens (tertiary/aromatic N) is 3. The maximum absolute atomic E-state index is 13.0. The molecule has 1 fully saturated rings. The number of fused-ring (bicyclic) bond motifs is 1. The number of amides is 1. The maximum atomic E-state index is 13.0. The SMILES string of the molecule is O=C(Nc1cc(-c2nc3cc(Cl)ccc3o2)ccc1Cl)c1ccc(N2CCOCC2)c([N+](=O)[O-])c1. The van der Waals surface area contributed by atoms with Gasteiger partial charge in [-0.05, 0) is 48.5 Å². The van der Waals surface area contributed by atoms with E-state index in [0.29, 0.717) is 70.3 Å². The van der Waals surface area contributed by atoms with Crippen molar-refractivity contribution in [3.8, 4) is 11.5 Å². The summed E-state index contributed by atoms with van der Waals surface area (Å²) < 4.78 is 11.1. The number of aromatic nitrogens is 1. The second-order valence-electron chi connectivity index (χ2n) is 7.84. The van der Waals surface area contributed by atoms with Gasteiger partial charge in [0.05, 0.1) is 28.8 Å². The third-order valence-corrected chi connectivity index (χ3v) is 6.16. The lowest BCUT2D eigenvalue weighted by Crippen LogP contribution is -2.36. The topological polar surface area (TPSA) is 111 Å². The van der Waals surface area contributed by atoms with Crippen LogP contribution in [0.25, 0.3) is 22.6 Å². The van der Waals surface area contributed by atoms with Gasteiger partial charge in [-0.2, -0.15) is 0 Å². The van der Waals surface area contributed by atoms with Crippen molar-refractivity contribution in [3.63, 3.8) is 0 Å². The number of nitrogens with one attached hydrogen (secondary N) is 1. The van der Waals surface area contributed by atoms with Crippen molar-refractivity contribution in [1.82, 2.24) is 4.98 Å². The molecule has 1 saturated heterocycles. The summed E-state index contributed by atoms with van der Waals surface area (Å²) in [5.74, 6) is -0.204. The minimum absolute atomic E-state index is 0.131. The van der Waals surface area contributed by atoms with Crippen LogP contribution in [-0.2, 0) is 4.74 Å². The van der Waals surface area contributed by atoms with Gasteiger partial charge in [0.2, 0.25) is 5.89 Å². The number of hydrogen-bond donors (Lipinski definition) is 1. The number of morpholine rings is 1. The Bertz CT molecular complexity index is 1450. The molecule has 11 heteroatoms. The van der Waals surface area contributed by atoms with Gasteiger partial charge in [0.25, 0.3) is 11.6 Å². The first-order chi connectivity index (χ1) is 16.9. The molecule has 0 aliphatic carbocycles. The Balaban J connectivity index is 1.42. The Kier molecular flexibility index (Phi) is 6.29.